The van der Waals surface area contributed by atoms with Gasteiger partial charge in [0.2, 0.25) is 0 Å². The highest BCUT2D eigenvalue weighted by Gasteiger charge is 1.98. The summed E-state index contributed by atoms with van der Waals surface area (Å²) >= 11 is 5.48. The molecule has 0 aliphatic rings. The summed E-state index contributed by atoms with van der Waals surface area (Å²) in [6.07, 6.45) is 2.11. The SMILES string of the molecule is Nc1cnc(CCCl)nc1N. The molecule has 1 rings (SSSR count). The summed E-state index contributed by atoms with van der Waals surface area (Å²) in [6.45, 7) is 0. The number of hydrogen-bond donors (Lipinski definition) is 2. The molecule has 0 radical (unpaired) electrons. The number of alkyl halides is 1. The lowest BCUT2D eigenvalue weighted by Crippen LogP contribution is -2.03. The normalized spacial score (nSPS) is 9.91. The number of nitrogens with zero attached hydrogens (tertiary/aromatic N) is 2. The third kappa shape index (κ3) is 1.94. The average molecular weight is 173 g/mol. The maximum absolute atomic E-state index is 5.48. The number of rotatable bonds is 2. The van der Waals surface area contributed by atoms with Gasteiger partial charge in [-0.1, -0.05) is 0 Å². The summed E-state index contributed by atoms with van der Waals surface area (Å²) in [5, 5.41) is 0. The van der Waals surface area contributed by atoms with E-state index in [4.69, 9.17) is 23.1 Å². The van der Waals surface area contributed by atoms with Crippen LogP contribution in [0.15, 0.2) is 6.20 Å². The summed E-state index contributed by atoms with van der Waals surface area (Å²) in [6, 6.07) is 0. The van der Waals surface area contributed by atoms with Crippen LogP contribution in [-0.4, -0.2) is 15.8 Å². The standard InChI is InChI=1S/C6H9ClN4/c7-2-1-5-10-3-4(8)6(9)11-5/h3H,1-2,8H2,(H2,9,10,11). The van der Waals surface area contributed by atoms with Crippen LogP contribution in [0, 0.1) is 0 Å². The van der Waals surface area contributed by atoms with Gasteiger partial charge in [0.15, 0.2) is 0 Å². The molecule has 0 spiro atoms. The van der Waals surface area contributed by atoms with Crippen molar-refractivity contribution in [1.29, 1.82) is 0 Å². The quantitative estimate of drug-likeness (QED) is 0.634. The zero-order valence-electron chi connectivity index (χ0n) is 5.92. The number of aromatic nitrogens is 2. The molecule has 0 fully saturated rings. The minimum absolute atomic E-state index is 0.320. The lowest BCUT2D eigenvalue weighted by atomic mass is 10.4. The monoisotopic (exact) mass is 172 g/mol. The van der Waals surface area contributed by atoms with Gasteiger partial charge in [-0.25, -0.2) is 9.97 Å². The van der Waals surface area contributed by atoms with E-state index in [9.17, 15) is 0 Å². The van der Waals surface area contributed by atoms with Gasteiger partial charge in [-0.3, -0.25) is 0 Å². The first-order valence-corrected chi connectivity index (χ1v) is 3.70. The molecule has 4 nitrogen and oxygen atoms in total. The van der Waals surface area contributed by atoms with Gasteiger partial charge in [-0.2, -0.15) is 0 Å². The Morgan fingerprint density at radius 1 is 1.45 bits per heavy atom. The molecule has 0 aromatic carbocycles. The number of nitrogen functional groups attached to an aromatic ring is 2. The van der Waals surface area contributed by atoms with Crippen molar-refractivity contribution in [3.63, 3.8) is 0 Å². The van der Waals surface area contributed by atoms with E-state index >= 15 is 0 Å². The first kappa shape index (κ1) is 8.07. The van der Waals surface area contributed by atoms with Crippen molar-refractivity contribution in [2.45, 2.75) is 6.42 Å². The Bertz CT molecular complexity index is 250. The second-order valence-corrected chi connectivity index (χ2v) is 2.44. The molecule has 1 aromatic rings. The third-order valence-electron chi connectivity index (χ3n) is 1.22. The summed E-state index contributed by atoms with van der Waals surface area (Å²) in [5.41, 5.74) is 11.2. The first-order valence-electron chi connectivity index (χ1n) is 3.17. The maximum atomic E-state index is 5.48. The van der Waals surface area contributed by atoms with Gasteiger partial charge < -0.3 is 11.5 Å². The van der Waals surface area contributed by atoms with Crippen molar-refractivity contribution in [2.75, 3.05) is 17.3 Å². The molecule has 0 saturated heterocycles. The molecule has 5 heteroatoms. The molecule has 0 unspecified atom stereocenters. The van der Waals surface area contributed by atoms with E-state index in [0.29, 0.717) is 29.6 Å². The number of aryl methyl sites for hydroxylation is 1. The van der Waals surface area contributed by atoms with Crippen LogP contribution < -0.4 is 11.5 Å². The van der Waals surface area contributed by atoms with Gasteiger partial charge in [0.25, 0.3) is 0 Å². The summed E-state index contributed by atoms with van der Waals surface area (Å²) in [5.74, 6) is 1.44. The van der Waals surface area contributed by atoms with Gasteiger partial charge in [0.05, 0.1) is 11.9 Å². The van der Waals surface area contributed by atoms with Crippen molar-refractivity contribution in [3.05, 3.63) is 12.0 Å². The zero-order chi connectivity index (χ0) is 8.27. The van der Waals surface area contributed by atoms with Gasteiger partial charge in [0, 0.05) is 12.3 Å². The Labute approximate surface area is 69.6 Å². The second kappa shape index (κ2) is 3.39. The fourth-order valence-corrected chi connectivity index (χ4v) is 0.817. The van der Waals surface area contributed by atoms with Crippen LogP contribution in [0.3, 0.4) is 0 Å². The maximum Gasteiger partial charge on any atom is 0.150 e. The van der Waals surface area contributed by atoms with E-state index in [1.54, 1.807) is 0 Å². The van der Waals surface area contributed by atoms with Gasteiger partial charge >= 0.3 is 0 Å². The van der Waals surface area contributed by atoms with Crippen LogP contribution >= 0.6 is 11.6 Å². The van der Waals surface area contributed by atoms with Gasteiger partial charge in [-0.15, -0.1) is 11.6 Å². The molecule has 0 aliphatic carbocycles. The number of anilines is 2. The highest BCUT2D eigenvalue weighted by Crippen LogP contribution is 2.08. The lowest BCUT2D eigenvalue weighted by molar-refractivity contribution is 0.952. The predicted molar refractivity (Wildman–Crippen MR) is 45.3 cm³/mol. The molecule has 11 heavy (non-hydrogen) atoms. The van der Waals surface area contributed by atoms with E-state index in [0.717, 1.165) is 0 Å². The third-order valence-corrected chi connectivity index (χ3v) is 1.41. The molecule has 0 saturated carbocycles. The minimum atomic E-state index is 0.320. The van der Waals surface area contributed by atoms with Crippen molar-refractivity contribution in [3.8, 4) is 0 Å². The van der Waals surface area contributed by atoms with E-state index in [1.165, 1.54) is 6.20 Å². The van der Waals surface area contributed by atoms with Gasteiger partial charge in [0.1, 0.15) is 11.6 Å². The van der Waals surface area contributed by atoms with Crippen LogP contribution in [-0.2, 0) is 6.42 Å². The van der Waals surface area contributed by atoms with E-state index in [-0.39, 0.29) is 0 Å². The molecule has 0 amide bonds. The van der Waals surface area contributed by atoms with E-state index in [2.05, 4.69) is 9.97 Å². The predicted octanol–water partition coefficient (Wildman–Crippen LogP) is 0.422. The van der Waals surface area contributed by atoms with Crippen LogP contribution in [0.1, 0.15) is 5.82 Å². The Morgan fingerprint density at radius 2 is 2.18 bits per heavy atom. The minimum Gasteiger partial charge on any atom is -0.394 e. The van der Waals surface area contributed by atoms with Gasteiger partial charge in [-0.05, 0) is 0 Å². The molecule has 0 aliphatic heterocycles. The van der Waals surface area contributed by atoms with Crippen molar-refractivity contribution in [2.24, 2.45) is 0 Å². The molecule has 1 aromatic heterocycles. The van der Waals surface area contributed by atoms with Crippen LogP contribution in [0.5, 0.6) is 0 Å². The fourth-order valence-electron chi connectivity index (χ4n) is 0.648. The second-order valence-electron chi connectivity index (χ2n) is 2.07. The zero-order valence-corrected chi connectivity index (χ0v) is 6.67. The van der Waals surface area contributed by atoms with Crippen LogP contribution in [0.2, 0.25) is 0 Å². The molecule has 0 atom stereocenters. The highest BCUT2D eigenvalue weighted by molar-refractivity contribution is 6.17. The Morgan fingerprint density at radius 3 is 2.73 bits per heavy atom. The number of hydrogen-bond acceptors (Lipinski definition) is 4. The fraction of sp³-hybridized carbons (Fsp3) is 0.333. The molecular weight excluding hydrogens is 164 g/mol. The Kier molecular flexibility index (Phi) is 2.48. The molecule has 1 heterocycles. The van der Waals surface area contributed by atoms with E-state index in [1.807, 2.05) is 0 Å². The molecule has 0 bridgehead atoms. The summed E-state index contributed by atoms with van der Waals surface area (Å²) in [4.78, 5) is 7.85. The van der Waals surface area contributed by atoms with Crippen molar-refractivity contribution >= 4 is 23.1 Å². The lowest BCUT2D eigenvalue weighted by Gasteiger charge is -1.99. The Balaban J connectivity index is 2.86. The molecule has 4 N–H and O–H groups in total. The highest BCUT2D eigenvalue weighted by atomic mass is 35.5. The van der Waals surface area contributed by atoms with Crippen molar-refractivity contribution < 1.29 is 0 Å². The topological polar surface area (TPSA) is 77.8 Å². The van der Waals surface area contributed by atoms with Crippen LogP contribution in [0.25, 0.3) is 0 Å². The largest absolute Gasteiger partial charge is 0.394 e. The average Bonchev–Trinajstić information content (AvgIpc) is 1.98. The van der Waals surface area contributed by atoms with Crippen LogP contribution in [0.4, 0.5) is 11.5 Å². The molecular formula is C6H9ClN4. The van der Waals surface area contributed by atoms with Crippen molar-refractivity contribution in [1.82, 2.24) is 9.97 Å². The number of halogens is 1. The Hall–Kier alpha value is -1.03. The molecule has 60 valence electrons. The summed E-state index contributed by atoms with van der Waals surface area (Å²) < 4.78 is 0. The first-order chi connectivity index (χ1) is 5.24. The number of nitrogens with two attached hydrogens (primary N) is 2. The smallest absolute Gasteiger partial charge is 0.150 e. The van der Waals surface area contributed by atoms with E-state index < -0.39 is 0 Å². The summed E-state index contributed by atoms with van der Waals surface area (Å²) in [7, 11) is 0.